The number of rotatable bonds is 6. The lowest BCUT2D eigenvalue weighted by Crippen LogP contribution is -2.34. The van der Waals surface area contributed by atoms with Crippen LogP contribution in [0, 0.1) is 11.8 Å². The average Bonchev–Trinajstić information content (AvgIpc) is 2.88. The van der Waals surface area contributed by atoms with Gasteiger partial charge in [-0.2, -0.15) is 0 Å². The molecule has 1 saturated heterocycles. The SMILES string of the molecule is CC(C)CNCc1cccc(N2CCCC2C(C)C)n1. The number of pyridine rings is 1. The second-order valence-corrected chi connectivity index (χ2v) is 6.66. The first-order valence-electron chi connectivity index (χ1n) is 8.01. The predicted molar refractivity (Wildman–Crippen MR) is 86.0 cm³/mol. The standard InChI is InChI=1S/C17H29N3/c1-13(2)11-18-12-15-7-5-9-17(19-15)20-10-6-8-16(20)14(3)4/h5,7,9,13-14,16,18H,6,8,10-12H2,1-4H3. The Morgan fingerprint density at radius 1 is 1.30 bits per heavy atom. The highest BCUT2D eigenvalue weighted by atomic mass is 15.2. The van der Waals surface area contributed by atoms with E-state index in [1.807, 2.05) is 0 Å². The van der Waals surface area contributed by atoms with Gasteiger partial charge in [0.2, 0.25) is 0 Å². The molecular formula is C17H29N3. The fourth-order valence-electron chi connectivity index (χ4n) is 2.98. The minimum atomic E-state index is 0.654. The van der Waals surface area contributed by atoms with Gasteiger partial charge in [-0.1, -0.05) is 33.8 Å². The van der Waals surface area contributed by atoms with Crippen LogP contribution in [0.1, 0.15) is 46.2 Å². The van der Waals surface area contributed by atoms with E-state index in [4.69, 9.17) is 4.98 Å². The maximum Gasteiger partial charge on any atom is 0.129 e. The van der Waals surface area contributed by atoms with Crippen LogP contribution in [0.5, 0.6) is 0 Å². The molecule has 2 heterocycles. The first-order chi connectivity index (χ1) is 9.58. The Morgan fingerprint density at radius 3 is 2.80 bits per heavy atom. The summed E-state index contributed by atoms with van der Waals surface area (Å²) in [6.07, 6.45) is 2.59. The van der Waals surface area contributed by atoms with Crippen molar-refractivity contribution in [2.45, 2.75) is 53.1 Å². The van der Waals surface area contributed by atoms with Crippen molar-refractivity contribution in [2.75, 3.05) is 18.0 Å². The van der Waals surface area contributed by atoms with Crippen LogP contribution in [-0.2, 0) is 6.54 Å². The predicted octanol–water partition coefficient (Wildman–Crippen LogP) is 3.45. The van der Waals surface area contributed by atoms with Crippen LogP contribution < -0.4 is 10.2 Å². The second-order valence-electron chi connectivity index (χ2n) is 6.66. The molecule has 0 radical (unpaired) electrons. The van der Waals surface area contributed by atoms with Crippen molar-refractivity contribution in [1.29, 1.82) is 0 Å². The van der Waals surface area contributed by atoms with E-state index in [0.29, 0.717) is 17.9 Å². The molecule has 1 unspecified atom stereocenters. The maximum absolute atomic E-state index is 4.85. The maximum atomic E-state index is 4.85. The van der Waals surface area contributed by atoms with E-state index in [0.717, 1.165) is 31.1 Å². The van der Waals surface area contributed by atoms with Gasteiger partial charge in [0.15, 0.2) is 0 Å². The summed E-state index contributed by atoms with van der Waals surface area (Å²) < 4.78 is 0. The highest BCUT2D eigenvalue weighted by Crippen LogP contribution is 2.28. The molecular weight excluding hydrogens is 246 g/mol. The molecule has 1 aromatic heterocycles. The molecule has 0 spiro atoms. The van der Waals surface area contributed by atoms with E-state index in [1.54, 1.807) is 0 Å². The van der Waals surface area contributed by atoms with Gasteiger partial charge in [-0.25, -0.2) is 4.98 Å². The Labute approximate surface area is 123 Å². The molecule has 1 aromatic rings. The normalized spacial score (nSPS) is 19.3. The molecule has 1 aliphatic rings. The molecule has 3 nitrogen and oxygen atoms in total. The Kier molecular flexibility index (Phi) is 5.41. The number of hydrogen-bond donors (Lipinski definition) is 1. The molecule has 0 aliphatic carbocycles. The first kappa shape index (κ1) is 15.3. The molecule has 2 rings (SSSR count). The van der Waals surface area contributed by atoms with Gasteiger partial charge in [-0.15, -0.1) is 0 Å². The van der Waals surface area contributed by atoms with E-state index in [1.165, 1.54) is 12.8 Å². The fourth-order valence-corrected chi connectivity index (χ4v) is 2.98. The van der Waals surface area contributed by atoms with Crippen molar-refractivity contribution >= 4 is 5.82 Å². The summed E-state index contributed by atoms with van der Waals surface area (Å²) >= 11 is 0. The molecule has 0 amide bonds. The molecule has 0 saturated carbocycles. The summed E-state index contributed by atoms with van der Waals surface area (Å²) in [5.41, 5.74) is 1.15. The van der Waals surface area contributed by atoms with Gasteiger partial charge >= 0.3 is 0 Å². The molecule has 1 atom stereocenters. The molecule has 0 bridgehead atoms. The summed E-state index contributed by atoms with van der Waals surface area (Å²) in [4.78, 5) is 7.34. The van der Waals surface area contributed by atoms with Gasteiger partial charge < -0.3 is 10.2 Å². The minimum absolute atomic E-state index is 0.654. The third-order valence-corrected chi connectivity index (χ3v) is 4.01. The van der Waals surface area contributed by atoms with Crippen LogP contribution >= 0.6 is 0 Å². The van der Waals surface area contributed by atoms with Gasteiger partial charge in [0.25, 0.3) is 0 Å². The highest BCUT2D eigenvalue weighted by molar-refractivity contribution is 5.42. The van der Waals surface area contributed by atoms with Gasteiger partial charge in [-0.05, 0) is 43.4 Å². The lowest BCUT2D eigenvalue weighted by molar-refractivity contribution is 0.489. The van der Waals surface area contributed by atoms with Crippen LogP contribution in [0.4, 0.5) is 5.82 Å². The van der Waals surface area contributed by atoms with Gasteiger partial charge in [-0.3, -0.25) is 0 Å². The molecule has 112 valence electrons. The van der Waals surface area contributed by atoms with Gasteiger partial charge in [0, 0.05) is 19.1 Å². The van der Waals surface area contributed by atoms with Crippen molar-refractivity contribution < 1.29 is 0 Å². The third-order valence-electron chi connectivity index (χ3n) is 4.01. The number of nitrogens with zero attached hydrogens (tertiary/aromatic N) is 2. The van der Waals surface area contributed by atoms with Crippen molar-refractivity contribution in [3.8, 4) is 0 Å². The molecule has 1 N–H and O–H groups in total. The summed E-state index contributed by atoms with van der Waals surface area (Å²) in [5.74, 6) is 2.54. The van der Waals surface area contributed by atoms with Gasteiger partial charge in [0.05, 0.1) is 5.69 Å². The van der Waals surface area contributed by atoms with Crippen molar-refractivity contribution in [3.05, 3.63) is 23.9 Å². The smallest absolute Gasteiger partial charge is 0.129 e. The Bertz CT molecular complexity index is 414. The van der Waals surface area contributed by atoms with Crippen molar-refractivity contribution in [2.24, 2.45) is 11.8 Å². The van der Waals surface area contributed by atoms with Crippen LogP contribution in [0.2, 0.25) is 0 Å². The number of hydrogen-bond acceptors (Lipinski definition) is 3. The third kappa shape index (κ3) is 3.95. The quantitative estimate of drug-likeness (QED) is 0.862. The Morgan fingerprint density at radius 2 is 2.10 bits per heavy atom. The average molecular weight is 275 g/mol. The summed E-state index contributed by atoms with van der Waals surface area (Å²) in [6, 6.07) is 7.08. The highest BCUT2D eigenvalue weighted by Gasteiger charge is 2.27. The minimum Gasteiger partial charge on any atom is -0.353 e. The lowest BCUT2D eigenvalue weighted by atomic mass is 10.0. The Balaban J connectivity index is 2.01. The lowest BCUT2D eigenvalue weighted by Gasteiger charge is -2.29. The van der Waals surface area contributed by atoms with Crippen LogP contribution in [-0.4, -0.2) is 24.1 Å². The summed E-state index contributed by atoms with van der Waals surface area (Å²) in [6.45, 7) is 12.2. The number of anilines is 1. The first-order valence-corrected chi connectivity index (χ1v) is 8.01. The van der Waals surface area contributed by atoms with Gasteiger partial charge in [0.1, 0.15) is 5.82 Å². The van der Waals surface area contributed by atoms with E-state index in [9.17, 15) is 0 Å². The van der Waals surface area contributed by atoms with Crippen molar-refractivity contribution in [3.63, 3.8) is 0 Å². The van der Waals surface area contributed by atoms with Crippen LogP contribution in [0.3, 0.4) is 0 Å². The number of aromatic nitrogens is 1. The largest absolute Gasteiger partial charge is 0.353 e. The number of nitrogens with one attached hydrogen (secondary N) is 1. The van der Waals surface area contributed by atoms with E-state index in [2.05, 4.69) is 56.1 Å². The molecule has 20 heavy (non-hydrogen) atoms. The molecule has 1 aliphatic heterocycles. The molecule has 3 heteroatoms. The zero-order chi connectivity index (χ0) is 14.5. The Hall–Kier alpha value is -1.09. The fraction of sp³-hybridized carbons (Fsp3) is 0.706. The van der Waals surface area contributed by atoms with Crippen LogP contribution in [0.15, 0.2) is 18.2 Å². The molecule has 0 aromatic carbocycles. The topological polar surface area (TPSA) is 28.2 Å². The monoisotopic (exact) mass is 275 g/mol. The van der Waals surface area contributed by atoms with E-state index in [-0.39, 0.29) is 0 Å². The zero-order valence-corrected chi connectivity index (χ0v) is 13.4. The summed E-state index contributed by atoms with van der Waals surface area (Å²) in [5, 5.41) is 3.47. The van der Waals surface area contributed by atoms with E-state index >= 15 is 0 Å². The molecule has 1 fully saturated rings. The van der Waals surface area contributed by atoms with Crippen molar-refractivity contribution in [1.82, 2.24) is 10.3 Å². The van der Waals surface area contributed by atoms with Crippen LogP contribution in [0.25, 0.3) is 0 Å². The second kappa shape index (κ2) is 7.07. The zero-order valence-electron chi connectivity index (χ0n) is 13.4. The van der Waals surface area contributed by atoms with E-state index < -0.39 is 0 Å². The summed E-state index contributed by atoms with van der Waals surface area (Å²) in [7, 11) is 0.